The minimum Gasteiger partial charge on any atom is -0.493 e. The highest BCUT2D eigenvalue weighted by Crippen LogP contribution is 2.45. The number of benzene rings is 1. The number of nitrogens with zero attached hydrogens (tertiary/aromatic N) is 1. The second-order valence-corrected chi connectivity index (χ2v) is 5.85. The third kappa shape index (κ3) is 3.28. The molecule has 1 N–H and O–H groups in total. The molecule has 0 radical (unpaired) electrons. The quantitative estimate of drug-likeness (QED) is 0.807. The summed E-state index contributed by atoms with van der Waals surface area (Å²) < 4.78 is 21.7. The predicted molar refractivity (Wildman–Crippen MR) is 94.6 cm³/mol. The molecule has 7 nitrogen and oxygen atoms in total. The van der Waals surface area contributed by atoms with Gasteiger partial charge in [0.2, 0.25) is 11.6 Å². The van der Waals surface area contributed by atoms with Crippen LogP contribution < -0.4 is 19.5 Å². The molecular weight excluding hydrogens is 392 g/mol. The van der Waals surface area contributed by atoms with Gasteiger partial charge in [-0.2, -0.15) is 5.26 Å². The first-order chi connectivity index (χ1) is 11.9. The van der Waals surface area contributed by atoms with Gasteiger partial charge in [-0.3, -0.25) is 10.1 Å². The third-order valence-corrected chi connectivity index (χ3v) is 4.53. The van der Waals surface area contributed by atoms with Crippen molar-refractivity contribution in [3.63, 3.8) is 0 Å². The molecule has 0 aliphatic carbocycles. The van der Waals surface area contributed by atoms with Gasteiger partial charge in [-0.15, -0.1) is 0 Å². The maximum atomic E-state index is 12.7. The van der Waals surface area contributed by atoms with E-state index in [0.29, 0.717) is 33.0 Å². The van der Waals surface area contributed by atoms with E-state index in [1.54, 1.807) is 13.8 Å². The molecule has 1 heterocycles. The normalized spacial score (nSPS) is 10.1. The van der Waals surface area contributed by atoms with Gasteiger partial charge in [-0.05, 0) is 35.8 Å². The maximum Gasteiger partial charge on any atom is 0.259 e. The minimum atomic E-state index is -0.489. The lowest BCUT2D eigenvalue weighted by Gasteiger charge is -2.16. The Hall–Kier alpha value is -2.66. The van der Waals surface area contributed by atoms with E-state index in [9.17, 15) is 10.1 Å². The fourth-order valence-corrected chi connectivity index (χ4v) is 2.94. The van der Waals surface area contributed by atoms with Crippen LogP contribution in [0.3, 0.4) is 0 Å². The van der Waals surface area contributed by atoms with E-state index in [0.717, 1.165) is 0 Å². The van der Waals surface area contributed by atoms with Crippen molar-refractivity contribution in [1.29, 1.82) is 5.26 Å². The van der Waals surface area contributed by atoms with E-state index >= 15 is 0 Å². The molecule has 1 aromatic carbocycles. The number of hydrogen-bond acceptors (Lipinski definition) is 6. The summed E-state index contributed by atoms with van der Waals surface area (Å²) in [5.74, 6) is 1.19. The smallest absolute Gasteiger partial charge is 0.259 e. The van der Waals surface area contributed by atoms with Crippen molar-refractivity contribution in [2.45, 2.75) is 13.8 Å². The van der Waals surface area contributed by atoms with Gasteiger partial charge in [0, 0.05) is 5.56 Å². The van der Waals surface area contributed by atoms with Crippen molar-refractivity contribution in [3.8, 4) is 23.3 Å². The Labute approximate surface area is 153 Å². The van der Waals surface area contributed by atoms with Gasteiger partial charge in [0.1, 0.15) is 17.4 Å². The number of amides is 1. The first-order valence-corrected chi connectivity index (χ1v) is 7.98. The number of halogens is 1. The Morgan fingerprint density at radius 3 is 2.36 bits per heavy atom. The zero-order chi connectivity index (χ0) is 18.7. The van der Waals surface area contributed by atoms with Crippen LogP contribution in [0.4, 0.5) is 5.88 Å². The van der Waals surface area contributed by atoms with Crippen LogP contribution in [0, 0.1) is 25.2 Å². The molecule has 0 aliphatic heterocycles. The van der Waals surface area contributed by atoms with Crippen molar-refractivity contribution < 1.29 is 23.4 Å². The van der Waals surface area contributed by atoms with Crippen molar-refractivity contribution in [2.75, 3.05) is 26.6 Å². The number of nitriles is 1. The van der Waals surface area contributed by atoms with Crippen LogP contribution in [0.15, 0.2) is 15.0 Å². The van der Waals surface area contributed by atoms with Crippen LogP contribution in [-0.2, 0) is 0 Å². The van der Waals surface area contributed by atoms with Crippen LogP contribution in [-0.4, -0.2) is 27.2 Å². The summed E-state index contributed by atoms with van der Waals surface area (Å²) in [6.07, 6.45) is 0. The highest BCUT2D eigenvalue weighted by Gasteiger charge is 2.24. The number of nitrogens with one attached hydrogen (secondary N) is 1. The SMILES string of the molecule is COc1cc(C(=O)Nc2oc(C)c(C)c2C#N)c(Br)c(OC)c1OC. The zero-order valence-corrected chi connectivity index (χ0v) is 16.0. The summed E-state index contributed by atoms with van der Waals surface area (Å²) in [7, 11) is 4.39. The largest absolute Gasteiger partial charge is 0.493 e. The number of rotatable bonds is 5. The van der Waals surface area contributed by atoms with Gasteiger partial charge in [-0.25, -0.2) is 0 Å². The van der Waals surface area contributed by atoms with Crippen molar-refractivity contribution in [3.05, 3.63) is 33.0 Å². The second-order valence-electron chi connectivity index (χ2n) is 5.06. The number of anilines is 1. The molecule has 1 aromatic heterocycles. The molecule has 0 bridgehead atoms. The Morgan fingerprint density at radius 1 is 1.20 bits per heavy atom. The molecule has 0 unspecified atom stereocenters. The molecule has 25 heavy (non-hydrogen) atoms. The molecule has 8 heteroatoms. The van der Waals surface area contributed by atoms with Crippen LogP contribution in [0.5, 0.6) is 17.2 Å². The van der Waals surface area contributed by atoms with Gasteiger partial charge in [-0.1, -0.05) is 0 Å². The Bertz CT molecular complexity index is 867. The Balaban J connectivity index is 2.50. The molecule has 0 saturated heterocycles. The lowest BCUT2D eigenvalue weighted by molar-refractivity contribution is 0.102. The number of ether oxygens (including phenoxy) is 3. The van der Waals surface area contributed by atoms with Crippen molar-refractivity contribution in [1.82, 2.24) is 0 Å². The van der Waals surface area contributed by atoms with E-state index in [1.807, 2.05) is 6.07 Å². The van der Waals surface area contributed by atoms with E-state index in [-0.39, 0.29) is 17.0 Å². The number of aryl methyl sites for hydroxylation is 1. The summed E-state index contributed by atoms with van der Waals surface area (Å²) in [5, 5.41) is 11.9. The first-order valence-electron chi connectivity index (χ1n) is 7.19. The Morgan fingerprint density at radius 2 is 1.84 bits per heavy atom. The van der Waals surface area contributed by atoms with Gasteiger partial charge < -0.3 is 18.6 Å². The topological polar surface area (TPSA) is 93.7 Å². The van der Waals surface area contributed by atoms with E-state index in [1.165, 1.54) is 27.4 Å². The van der Waals surface area contributed by atoms with E-state index in [2.05, 4.69) is 21.2 Å². The highest BCUT2D eigenvalue weighted by molar-refractivity contribution is 9.10. The van der Waals surface area contributed by atoms with Gasteiger partial charge in [0.25, 0.3) is 5.91 Å². The van der Waals surface area contributed by atoms with Crippen LogP contribution >= 0.6 is 15.9 Å². The summed E-state index contributed by atoms with van der Waals surface area (Å²) in [4.78, 5) is 12.7. The monoisotopic (exact) mass is 408 g/mol. The summed E-state index contributed by atoms with van der Waals surface area (Å²) in [5.41, 5.74) is 1.21. The average Bonchev–Trinajstić information content (AvgIpc) is 2.87. The number of carbonyl (C=O) groups excluding carboxylic acids is 1. The molecule has 1 amide bonds. The summed E-state index contributed by atoms with van der Waals surface area (Å²) in [6.45, 7) is 3.48. The van der Waals surface area contributed by atoms with E-state index < -0.39 is 5.91 Å². The minimum absolute atomic E-state index is 0.100. The number of hydrogen-bond donors (Lipinski definition) is 1. The number of methoxy groups -OCH3 is 3. The highest BCUT2D eigenvalue weighted by atomic mass is 79.9. The maximum absolute atomic E-state index is 12.7. The number of carbonyl (C=O) groups is 1. The standard InChI is InChI=1S/C17H17BrN2O5/c1-8-9(2)25-17(11(8)7-19)20-16(21)10-6-12(22-3)14(23-4)15(24-5)13(10)18/h6H,1-5H3,(H,20,21). The molecular formula is C17H17BrN2O5. The van der Waals surface area contributed by atoms with Crippen LogP contribution in [0.2, 0.25) is 0 Å². The summed E-state index contributed by atoms with van der Waals surface area (Å²) >= 11 is 3.35. The first kappa shape index (κ1) is 18.7. The zero-order valence-electron chi connectivity index (χ0n) is 14.4. The second kappa shape index (κ2) is 7.49. The lowest BCUT2D eigenvalue weighted by atomic mass is 10.1. The molecule has 2 rings (SSSR count). The third-order valence-electron chi connectivity index (χ3n) is 3.74. The summed E-state index contributed by atoms with van der Waals surface area (Å²) in [6, 6.07) is 3.54. The number of furan rings is 1. The molecule has 0 aliphatic rings. The molecule has 0 spiro atoms. The van der Waals surface area contributed by atoms with Gasteiger partial charge >= 0.3 is 0 Å². The predicted octanol–water partition coefficient (Wildman–Crippen LogP) is 3.81. The van der Waals surface area contributed by atoms with Crippen LogP contribution in [0.1, 0.15) is 27.2 Å². The average molecular weight is 409 g/mol. The molecule has 132 valence electrons. The van der Waals surface area contributed by atoms with Gasteiger partial charge in [0.15, 0.2) is 11.5 Å². The Kier molecular flexibility index (Phi) is 5.59. The van der Waals surface area contributed by atoms with E-state index in [4.69, 9.17) is 18.6 Å². The molecule has 2 aromatic rings. The molecule has 0 atom stereocenters. The van der Waals surface area contributed by atoms with Crippen molar-refractivity contribution in [2.24, 2.45) is 0 Å². The fraction of sp³-hybridized carbons (Fsp3) is 0.294. The fourth-order valence-electron chi connectivity index (χ4n) is 2.31. The molecule has 0 saturated carbocycles. The molecule has 0 fully saturated rings. The van der Waals surface area contributed by atoms with Crippen LogP contribution in [0.25, 0.3) is 0 Å². The van der Waals surface area contributed by atoms with Gasteiger partial charge in [0.05, 0.1) is 31.4 Å². The van der Waals surface area contributed by atoms with Crippen molar-refractivity contribution >= 4 is 27.7 Å². The lowest BCUT2D eigenvalue weighted by Crippen LogP contribution is -2.14.